The summed E-state index contributed by atoms with van der Waals surface area (Å²) in [6, 6.07) is 6.28. The zero-order valence-electron chi connectivity index (χ0n) is 9.83. The van der Waals surface area contributed by atoms with E-state index in [2.05, 4.69) is 6.07 Å². The molecule has 0 aromatic heterocycles. The Balaban J connectivity index is 2.52. The molecule has 1 heterocycles. The fourth-order valence-corrected chi connectivity index (χ4v) is 2.12. The van der Waals surface area contributed by atoms with Gasteiger partial charge in [0.25, 0.3) is 0 Å². The molecule has 16 heavy (non-hydrogen) atoms. The van der Waals surface area contributed by atoms with Crippen molar-refractivity contribution in [3.05, 3.63) is 28.8 Å². The highest BCUT2D eigenvalue weighted by atomic mass is 16.5. The number of hydrogen-bond acceptors (Lipinski definition) is 3. The molecular formula is C13H15NO2. The summed E-state index contributed by atoms with van der Waals surface area (Å²) in [7, 11) is 1.66. The Labute approximate surface area is 95.6 Å². The summed E-state index contributed by atoms with van der Waals surface area (Å²) in [5, 5.41) is 9.27. The Bertz CT molecular complexity index is 456. The second-order valence-electron chi connectivity index (χ2n) is 4.25. The molecule has 2 rings (SSSR count). The first-order valence-electron chi connectivity index (χ1n) is 5.28. The SMILES string of the molecule is COc1ccc(C2(C#N)COC2)c(C)c1C. The van der Waals surface area contributed by atoms with E-state index >= 15 is 0 Å². The number of nitrogens with zero attached hydrogens (tertiary/aromatic N) is 1. The van der Waals surface area contributed by atoms with Crippen LogP contribution in [0, 0.1) is 25.2 Å². The third-order valence-electron chi connectivity index (χ3n) is 3.38. The molecule has 1 aliphatic rings. The first-order chi connectivity index (χ1) is 7.64. The van der Waals surface area contributed by atoms with E-state index in [1.54, 1.807) is 7.11 Å². The monoisotopic (exact) mass is 217 g/mol. The van der Waals surface area contributed by atoms with E-state index in [1.807, 2.05) is 26.0 Å². The summed E-state index contributed by atoms with van der Waals surface area (Å²) < 4.78 is 10.4. The van der Waals surface area contributed by atoms with Crippen LogP contribution in [-0.2, 0) is 10.2 Å². The molecule has 1 aromatic carbocycles. The van der Waals surface area contributed by atoms with Crippen molar-refractivity contribution < 1.29 is 9.47 Å². The van der Waals surface area contributed by atoms with Gasteiger partial charge in [0, 0.05) is 0 Å². The van der Waals surface area contributed by atoms with Crippen molar-refractivity contribution in [2.75, 3.05) is 20.3 Å². The lowest BCUT2D eigenvalue weighted by atomic mass is 9.77. The van der Waals surface area contributed by atoms with E-state index < -0.39 is 5.41 Å². The van der Waals surface area contributed by atoms with Crippen molar-refractivity contribution in [2.24, 2.45) is 0 Å². The molecule has 0 spiro atoms. The summed E-state index contributed by atoms with van der Waals surface area (Å²) in [6.07, 6.45) is 0. The van der Waals surface area contributed by atoms with E-state index in [0.717, 1.165) is 22.4 Å². The average Bonchev–Trinajstić information content (AvgIpc) is 2.23. The smallest absolute Gasteiger partial charge is 0.129 e. The Morgan fingerprint density at radius 1 is 1.31 bits per heavy atom. The fourth-order valence-electron chi connectivity index (χ4n) is 2.12. The normalized spacial score (nSPS) is 17.4. The van der Waals surface area contributed by atoms with E-state index in [1.165, 1.54) is 0 Å². The van der Waals surface area contributed by atoms with Gasteiger partial charge in [-0.05, 0) is 36.6 Å². The van der Waals surface area contributed by atoms with Gasteiger partial charge in [-0.25, -0.2) is 0 Å². The third-order valence-corrected chi connectivity index (χ3v) is 3.38. The van der Waals surface area contributed by atoms with Gasteiger partial charge in [0.05, 0.1) is 26.4 Å². The van der Waals surface area contributed by atoms with Gasteiger partial charge in [-0.1, -0.05) is 6.07 Å². The van der Waals surface area contributed by atoms with Crippen LogP contribution in [0.4, 0.5) is 0 Å². The lowest BCUT2D eigenvalue weighted by Gasteiger charge is -2.37. The van der Waals surface area contributed by atoms with Crippen LogP contribution in [0.5, 0.6) is 5.75 Å². The molecule has 0 saturated carbocycles. The highest BCUT2D eigenvalue weighted by Crippen LogP contribution is 2.37. The first kappa shape index (κ1) is 11.0. The molecule has 1 fully saturated rings. The van der Waals surface area contributed by atoms with Gasteiger partial charge in [-0.3, -0.25) is 0 Å². The molecule has 1 saturated heterocycles. The van der Waals surface area contributed by atoms with Crippen molar-refractivity contribution in [3.8, 4) is 11.8 Å². The average molecular weight is 217 g/mol. The van der Waals surface area contributed by atoms with E-state index in [4.69, 9.17) is 9.47 Å². The van der Waals surface area contributed by atoms with Gasteiger partial charge in [-0.2, -0.15) is 5.26 Å². The first-order valence-corrected chi connectivity index (χ1v) is 5.28. The second kappa shape index (κ2) is 3.80. The third kappa shape index (κ3) is 1.38. The molecule has 1 aliphatic heterocycles. The van der Waals surface area contributed by atoms with Crippen LogP contribution in [0.2, 0.25) is 0 Å². The predicted octanol–water partition coefficient (Wildman–Crippen LogP) is 2.10. The molecule has 3 nitrogen and oxygen atoms in total. The molecule has 3 heteroatoms. The highest BCUT2D eigenvalue weighted by Gasteiger charge is 2.42. The lowest BCUT2D eigenvalue weighted by molar-refractivity contribution is -0.0301. The van der Waals surface area contributed by atoms with Crippen molar-refractivity contribution in [3.63, 3.8) is 0 Å². The van der Waals surface area contributed by atoms with Gasteiger partial charge < -0.3 is 9.47 Å². The Morgan fingerprint density at radius 2 is 2.00 bits per heavy atom. The van der Waals surface area contributed by atoms with Crippen LogP contribution in [0.3, 0.4) is 0 Å². The Hall–Kier alpha value is -1.53. The van der Waals surface area contributed by atoms with Crippen molar-refractivity contribution in [1.29, 1.82) is 5.26 Å². The standard InChI is InChI=1S/C13H15NO2/c1-9-10(2)12(15-3)5-4-11(9)13(6-14)7-16-8-13/h4-5H,7-8H2,1-3H3. The minimum absolute atomic E-state index is 0.443. The molecule has 84 valence electrons. The molecule has 1 aromatic rings. The highest BCUT2D eigenvalue weighted by molar-refractivity contribution is 5.49. The van der Waals surface area contributed by atoms with E-state index in [0.29, 0.717) is 13.2 Å². The summed E-state index contributed by atoms with van der Waals surface area (Å²) in [5.74, 6) is 0.870. The van der Waals surface area contributed by atoms with Crippen molar-refractivity contribution in [2.45, 2.75) is 19.3 Å². The minimum Gasteiger partial charge on any atom is -0.496 e. The number of nitriles is 1. The second-order valence-corrected chi connectivity index (χ2v) is 4.25. The van der Waals surface area contributed by atoms with Crippen LogP contribution >= 0.6 is 0 Å². The largest absolute Gasteiger partial charge is 0.496 e. The molecule has 0 amide bonds. The molecule has 0 N–H and O–H groups in total. The molecule has 0 aliphatic carbocycles. The Kier molecular flexibility index (Phi) is 2.61. The predicted molar refractivity (Wildman–Crippen MR) is 60.6 cm³/mol. The molecule has 0 radical (unpaired) electrons. The van der Waals surface area contributed by atoms with Gasteiger partial charge in [0.1, 0.15) is 11.2 Å². The Morgan fingerprint density at radius 3 is 2.44 bits per heavy atom. The van der Waals surface area contributed by atoms with Crippen molar-refractivity contribution in [1.82, 2.24) is 0 Å². The van der Waals surface area contributed by atoms with Crippen molar-refractivity contribution >= 4 is 0 Å². The topological polar surface area (TPSA) is 42.2 Å². The van der Waals surface area contributed by atoms with Crippen LogP contribution in [0.15, 0.2) is 12.1 Å². The van der Waals surface area contributed by atoms with Crippen LogP contribution in [-0.4, -0.2) is 20.3 Å². The quantitative estimate of drug-likeness (QED) is 0.761. The fraction of sp³-hybridized carbons (Fsp3) is 0.462. The molecule has 0 atom stereocenters. The van der Waals surface area contributed by atoms with Gasteiger partial charge in [0.15, 0.2) is 0 Å². The number of hydrogen-bond donors (Lipinski definition) is 0. The molecular weight excluding hydrogens is 202 g/mol. The number of methoxy groups -OCH3 is 1. The number of ether oxygens (including phenoxy) is 2. The zero-order valence-corrected chi connectivity index (χ0v) is 9.83. The maximum atomic E-state index is 9.27. The minimum atomic E-state index is -0.443. The number of rotatable bonds is 2. The van der Waals surface area contributed by atoms with Gasteiger partial charge >= 0.3 is 0 Å². The number of benzene rings is 1. The summed E-state index contributed by atoms with van der Waals surface area (Å²) in [6.45, 7) is 5.04. The zero-order chi connectivity index (χ0) is 11.8. The summed E-state index contributed by atoms with van der Waals surface area (Å²) >= 11 is 0. The van der Waals surface area contributed by atoms with Gasteiger partial charge in [0.2, 0.25) is 0 Å². The molecule has 0 bridgehead atoms. The van der Waals surface area contributed by atoms with Gasteiger partial charge in [-0.15, -0.1) is 0 Å². The summed E-state index contributed by atoms with van der Waals surface area (Å²) in [4.78, 5) is 0. The van der Waals surface area contributed by atoms with Crippen LogP contribution in [0.1, 0.15) is 16.7 Å². The molecule has 0 unspecified atom stereocenters. The maximum Gasteiger partial charge on any atom is 0.129 e. The van der Waals surface area contributed by atoms with Crippen LogP contribution < -0.4 is 4.74 Å². The van der Waals surface area contributed by atoms with E-state index in [-0.39, 0.29) is 0 Å². The van der Waals surface area contributed by atoms with Crippen LogP contribution in [0.25, 0.3) is 0 Å². The lowest BCUT2D eigenvalue weighted by Crippen LogP contribution is -2.46. The van der Waals surface area contributed by atoms with E-state index in [9.17, 15) is 5.26 Å². The summed E-state index contributed by atoms with van der Waals surface area (Å²) in [5.41, 5.74) is 2.85. The maximum absolute atomic E-state index is 9.27.